The van der Waals surface area contributed by atoms with Crippen molar-refractivity contribution < 1.29 is 9.59 Å². The number of aryl methyl sites for hydroxylation is 1. The second kappa shape index (κ2) is 7.30. The van der Waals surface area contributed by atoms with Crippen molar-refractivity contribution in [2.24, 2.45) is 0 Å². The van der Waals surface area contributed by atoms with E-state index >= 15 is 0 Å². The predicted molar refractivity (Wildman–Crippen MR) is 95.2 cm³/mol. The van der Waals surface area contributed by atoms with Crippen molar-refractivity contribution in [2.45, 2.75) is 26.2 Å². The highest BCUT2D eigenvalue weighted by molar-refractivity contribution is 5.97. The molecule has 1 aliphatic rings. The summed E-state index contributed by atoms with van der Waals surface area (Å²) in [5.74, 6) is 0.0762. The van der Waals surface area contributed by atoms with Crippen LogP contribution in [0.1, 0.15) is 34.3 Å². The summed E-state index contributed by atoms with van der Waals surface area (Å²) >= 11 is 0. The van der Waals surface area contributed by atoms with E-state index in [9.17, 15) is 9.59 Å². The van der Waals surface area contributed by atoms with Gasteiger partial charge in [-0.3, -0.25) is 9.59 Å². The van der Waals surface area contributed by atoms with E-state index in [1.165, 1.54) is 11.1 Å². The lowest BCUT2D eigenvalue weighted by atomic mass is 10.1. The molecule has 0 bridgehead atoms. The van der Waals surface area contributed by atoms with Crippen molar-refractivity contribution in [3.63, 3.8) is 0 Å². The van der Waals surface area contributed by atoms with Gasteiger partial charge >= 0.3 is 0 Å². The van der Waals surface area contributed by atoms with Crippen LogP contribution in [0.25, 0.3) is 0 Å². The second-order valence-electron chi connectivity index (χ2n) is 6.19. The van der Waals surface area contributed by atoms with Gasteiger partial charge in [-0.05, 0) is 49.6 Å². The Bertz CT molecular complexity index is 738. The zero-order valence-electron chi connectivity index (χ0n) is 13.9. The minimum atomic E-state index is -0.0815. The fourth-order valence-electron chi connectivity index (χ4n) is 3.00. The van der Waals surface area contributed by atoms with Gasteiger partial charge in [0.25, 0.3) is 5.91 Å². The smallest absolute Gasteiger partial charge is 0.251 e. The molecule has 2 aromatic rings. The zero-order valence-corrected chi connectivity index (χ0v) is 13.9. The van der Waals surface area contributed by atoms with Gasteiger partial charge in [0.05, 0.1) is 0 Å². The van der Waals surface area contributed by atoms with E-state index in [4.69, 9.17) is 0 Å². The molecule has 1 N–H and O–H groups in total. The normalized spacial score (nSPS) is 14.0. The molecular weight excluding hydrogens is 300 g/mol. The first-order chi connectivity index (χ1) is 11.6. The van der Waals surface area contributed by atoms with Crippen LogP contribution in [0.15, 0.2) is 48.5 Å². The third-order valence-corrected chi connectivity index (χ3v) is 4.30. The number of nitrogens with one attached hydrogen (secondary N) is 1. The third-order valence-electron chi connectivity index (χ3n) is 4.30. The van der Waals surface area contributed by atoms with Crippen LogP contribution < -0.4 is 10.2 Å². The van der Waals surface area contributed by atoms with Crippen molar-refractivity contribution in [1.82, 2.24) is 5.32 Å². The SMILES string of the molecule is Cc1cccc(CCNC(=O)c2ccc(N3CCCC3=O)cc2)c1. The first-order valence-corrected chi connectivity index (χ1v) is 8.38. The lowest BCUT2D eigenvalue weighted by molar-refractivity contribution is -0.117. The Morgan fingerprint density at radius 2 is 1.96 bits per heavy atom. The fraction of sp³-hybridized carbons (Fsp3) is 0.300. The van der Waals surface area contributed by atoms with E-state index in [1.54, 1.807) is 17.0 Å². The van der Waals surface area contributed by atoms with Gasteiger partial charge in [-0.15, -0.1) is 0 Å². The first-order valence-electron chi connectivity index (χ1n) is 8.38. The summed E-state index contributed by atoms with van der Waals surface area (Å²) in [5.41, 5.74) is 3.94. The van der Waals surface area contributed by atoms with Crippen LogP contribution in [0.4, 0.5) is 5.69 Å². The number of carbonyl (C=O) groups excluding carboxylic acids is 2. The summed E-state index contributed by atoms with van der Waals surface area (Å²) in [6.07, 6.45) is 2.33. The van der Waals surface area contributed by atoms with Crippen LogP contribution in [-0.2, 0) is 11.2 Å². The molecule has 4 heteroatoms. The average Bonchev–Trinajstić information content (AvgIpc) is 3.01. The van der Waals surface area contributed by atoms with Crippen molar-refractivity contribution >= 4 is 17.5 Å². The monoisotopic (exact) mass is 322 g/mol. The summed E-state index contributed by atoms with van der Waals surface area (Å²) in [6, 6.07) is 15.6. The summed E-state index contributed by atoms with van der Waals surface area (Å²) < 4.78 is 0. The van der Waals surface area contributed by atoms with Crippen LogP contribution in [0.3, 0.4) is 0 Å². The highest BCUT2D eigenvalue weighted by atomic mass is 16.2. The van der Waals surface area contributed by atoms with E-state index in [0.717, 1.165) is 25.1 Å². The zero-order chi connectivity index (χ0) is 16.9. The molecule has 0 aliphatic carbocycles. The van der Waals surface area contributed by atoms with Crippen molar-refractivity contribution in [3.8, 4) is 0 Å². The van der Waals surface area contributed by atoms with Crippen molar-refractivity contribution in [1.29, 1.82) is 0 Å². The Kier molecular flexibility index (Phi) is 4.94. The Labute approximate surface area is 142 Å². The summed E-state index contributed by atoms with van der Waals surface area (Å²) in [6.45, 7) is 3.43. The van der Waals surface area contributed by atoms with Crippen molar-refractivity contribution in [3.05, 3.63) is 65.2 Å². The van der Waals surface area contributed by atoms with Gasteiger partial charge in [-0.1, -0.05) is 29.8 Å². The van der Waals surface area contributed by atoms with Gasteiger partial charge in [0.15, 0.2) is 0 Å². The summed E-state index contributed by atoms with van der Waals surface area (Å²) in [7, 11) is 0. The molecular formula is C20H22N2O2. The standard InChI is InChI=1S/C20H22N2O2/c1-15-4-2-5-16(14-15)11-12-21-20(24)17-7-9-18(10-8-17)22-13-3-6-19(22)23/h2,4-5,7-10,14H,3,6,11-13H2,1H3,(H,21,24). The van der Waals surface area contributed by atoms with E-state index < -0.39 is 0 Å². The van der Waals surface area contributed by atoms with E-state index in [0.29, 0.717) is 18.5 Å². The number of nitrogens with zero attached hydrogens (tertiary/aromatic N) is 1. The largest absolute Gasteiger partial charge is 0.352 e. The number of hydrogen-bond acceptors (Lipinski definition) is 2. The quantitative estimate of drug-likeness (QED) is 0.919. The molecule has 24 heavy (non-hydrogen) atoms. The number of rotatable bonds is 5. The molecule has 0 saturated carbocycles. The Morgan fingerprint density at radius 3 is 2.62 bits per heavy atom. The molecule has 1 heterocycles. The number of carbonyl (C=O) groups is 2. The predicted octanol–water partition coefficient (Wildman–Crippen LogP) is 3.09. The Balaban J connectivity index is 1.54. The van der Waals surface area contributed by atoms with Gasteiger partial charge in [0.1, 0.15) is 0 Å². The van der Waals surface area contributed by atoms with Gasteiger partial charge in [0, 0.05) is 30.8 Å². The van der Waals surface area contributed by atoms with Gasteiger partial charge in [-0.25, -0.2) is 0 Å². The minimum Gasteiger partial charge on any atom is -0.352 e. The van der Waals surface area contributed by atoms with Gasteiger partial charge in [-0.2, -0.15) is 0 Å². The van der Waals surface area contributed by atoms with E-state index in [2.05, 4.69) is 30.4 Å². The topological polar surface area (TPSA) is 49.4 Å². The van der Waals surface area contributed by atoms with Crippen LogP contribution >= 0.6 is 0 Å². The highest BCUT2D eigenvalue weighted by Crippen LogP contribution is 2.21. The molecule has 2 aromatic carbocycles. The number of hydrogen-bond donors (Lipinski definition) is 1. The van der Waals surface area contributed by atoms with E-state index in [-0.39, 0.29) is 11.8 Å². The molecule has 0 atom stereocenters. The van der Waals surface area contributed by atoms with E-state index in [1.807, 2.05) is 18.2 Å². The molecule has 1 fully saturated rings. The minimum absolute atomic E-state index is 0.0815. The van der Waals surface area contributed by atoms with Gasteiger partial charge in [0.2, 0.25) is 5.91 Å². The number of anilines is 1. The molecule has 0 aromatic heterocycles. The second-order valence-corrected chi connectivity index (χ2v) is 6.19. The van der Waals surface area contributed by atoms with Crippen LogP contribution in [0.5, 0.6) is 0 Å². The molecule has 124 valence electrons. The van der Waals surface area contributed by atoms with Crippen LogP contribution in [-0.4, -0.2) is 24.9 Å². The molecule has 1 saturated heterocycles. The van der Waals surface area contributed by atoms with Crippen LogP contribution in [0, 0.1) is 6.92 Å². The lowest BCUT2D eigenvalue weighted by Crippen LogP contribution is -2.26. The summed E-state index contributed by atoms with van der Waals surface area (Å²) in [4.78, 5) is 25.7. The maximum atomic E-state index is 12.2. The molecule has 0 radical (unpaired) electrons. The number of amides is 2. The Hall–Kier alpha value is -2.62. The maximum absolute atomic E-state index is 12.2. The van der Waals surface area contributed by atoms with Gasteiger partial charge < -0.3 is 10.2 Å². The third kappa shape index (κ3) is 3.82. The highest BCUT2D eigenvalue weighted by Gasteiger charge is 2.21. The molecule has 1 aliphatic heterocycles. The van der Waals surface area contributed by atoms with Crippen molar-refractivity contribution in [2.75, 3.05) is 18.0 Å². The average molecular weight is 322 g/mol. The van der Waals surface area contributed by atoms with Crippen LogP contribution in [0.2, 0.25) is 0 Å². The molecule has 3 rings (SSSR count). The molecule has 4 nitrogen and oxygen atoms in total. The Morgan fingerprint density at radius 1 is 1.17 bits per heavy atom. The molecule has 2 amide bonds. The fourth-order valence-corrected chi connectivity index (χ4v) is 3.00. The molecule has 0 unspecified atom stereocenters. The molecule has 0 spiro atoms. The number of benzene rings is 2. The first kappa shape index (κ1) is 16.2. The summed E-state index contributed by atoms with van der Waals surface area (Å²) in [5, 5.41) is 2.95. The maximum Gasteiger partial charge on any atom is 0.251 e. The lowest BCUT2D eigenvalue weighted by Gasteiger charge is -2.15.